The summed E-state index contributed by atoms with van der Waals surface area (Å²) < 4.78 is 16.4. The van der Waals surface area contributed by atoms with Crippen LogP contribution in [0.4, 0.5) is 4.39 Å². The predicted molar refractivity (Wildman–Crippen MR) is 90.7 cm³/mol. The molecule has 0 atom stereocenters. The molecule has 0 radical (unpaired) electrons. The highest BCUT2D eigenvalue weighted by Crippen LogP contribution is 2.45. The van der Waals surface area contributed by atoms with Gasteiger partial charge >= 0.3 is 0 Å². The Labute approximate surface area is 140 Å². The molecule has 0 spiro atoms. The van der Waals surface area contributed by atoms with Gasteiger partial charge in [0.1, 0.15) is 12.9 Å². The van der Waals surface area contributed by atoms with Gasteiger partial charge in [-0.1, -0.05) is 12.1 Å². The molecule has 0 saturated carbocycles. The summed E-state index contributed by atoms with van der Waals surface area (Å²) in [6.45, 7) is 2.02. The van der Waals surface area contributed by atoms with Crippen LogP contribution in [0.3, 0.4) is 0 Å². The van der Waals surface area contributed by atoms with Gasteiger partial charge in [0, 0.05) is 29.7 Å². The molecule has 1 aliphatic rings. The maximum Gasteiger partial charge on any atom is 0.212 e. The van der Waals surface area contributed by atoms with E-state index in [1.165, 1.54) is 6.07 Å². The molecular weight excluding hydrogens is 299 g/mol. The van der Waals surface area contributed by atoms with Crippen LogP contribution in [0, 0.1) is 24.1 Å². The van der Waals surface area contributed by atoms with Gasteiger partial charge in [0.05, 0.1) is 17.2 Å². The molecular formula is C21H16FN2+. The molecule has 0 saturated heterocycles. The Bertz CT molecular complexity index is 1030. The quantitative estimate of drug-likeness (QED) is 0.487. The van der Waals surface area contributed by atoms with E-state index in [1.807, 2.05) is 44.4 Å². The summed E-state index contributed by atoms with van der Waals surface area (Å²) in [6, 6.07) is 15.4. The smallest absolute Gasteiger partial charge is 0.207 e. The minimum atomic E-state index is -0.200. The Balaban J connectivity index is 2.10. The third-order valence-corrected chi connectivity index (χ3v) is 4.80. The SMILES string of the molecule is Cc1cc(C#N)c2c(c1-c1cccc[n+]1C)Cc1c(F)cccc1-2. The van der Waals surface area contributed by atoms with Crippen LogP contribution in [0.25, 0.3) is 22.4 Å². The topological polar surface area (TPSA) is 27.7 Å². The molecule has 3 aromatic rings. The van der Waals surface area contributed by atoms with E-state index < -0.39 is 0 Å². The average molecular weight is 315 g/mol. The minimum absolute atomic E-state index is 0.200. The number of pyridine rings is 1. The first kappa shape index (κ1) is 14.6. The highest BCUT2D eigenvalue weighted by molar-refractivity contribution is 5.88. The van der Waals surface area contributed by atoms with Crippen molar-refractivity contribution in [2.24, 2.45) is 7.05 Å². The lowest BCUT2D eigenvalue weighted by molar-refractivity contribution is -0.660. The van der Waals surface area contributed by atoms with Crippen molar-refractivity contribution >= 4 is 0 Å². The van der Waals surface area contributed by atoms with Crippen LogP contribution in [0.15, 0.2) is 48.7 Å². The molecule has 1 aromatic heterocycles. The van der Waals surface area contributed by atoms with Crippen molar-refractivity contribution in [1.29, 1.82) is 5.26 Å². The van der Waals surface area contributed by atoms with Crippen molar-refractivity contribution < 1.29 is 8.96 Å². The van der Waals surface area contributed by atoms with Gasteiger partial charge < -0.3 is 0 Å². The van der Waals surface area contributed by atoms with Crippen molar-refractivity contribution in [2.45, 2.75) is 13.3 Å². The van der Waals surface area contributed by atoms with E-state index in [-0.39, 0.29) is 5.82 Å². The highest BCUT2D eigenvalue weighted by Gasteiger charge is 2.30. The number of aromatic nitrogens is 1. The largest absolute Gasteiger partial charge is 0.212 e. The van der Waals surface area contributed by atoms with Crippen molar-refractivity contribution in [3.63, 3.8) is 0 Å². The van der Waals surface area contributed by atoms with Crippen molar-refractivity contribution in [1.82, 2.24) is 0 Å². The van der Waals surface area contributed by atoms with E-state index in [9.17, 15) is 9.65 Å². The summed E-state index contributed by atoms with van der Waals surface area (Å²) in [5, 5.41) is 9.59. The number of rotatable bonds is 1. The lowest BCUT2D eigenvalue weighted by Crippen LogP contribution is -2.30. The normalized spacial score (nSPS) is 11.8. The number of hydrogen-bond acceptors (Lipinski definition) is 1. The van der Waals surface area contributed by atoms with Gasteiger partial charge in [-0.15, -0.1) is 0 Å². The number of benzene rings is 2. The Hall–Kier alpha value is -2.99. The Morgan fingerprint density at radius 3 is 2.67 bits per heavy atom. The summed E-state index contributed by atoms with van der Waals surface area (Å²) in [6.07, 6.45) is 2.53. The van der Waals surface area contributed by atoms with Crippen molar-refractivity contribution in [3.8, 4) is 28.5 Å². The third kappa shape index (κ3) is 1.97. The summed E-state index contributed by atoms with van der Waals surface area (Å²) >= 11 is 0. The van der Waals surface area contributed by atoms with Crippen LogP contribution >= 0.6 is 0 Å². The predicted octanol–water partition coefficient (Wildman–Crippen LogP) is 4.07. The standard InChI is InChI=1S/C21H16FN2/c1-13-10-14(12-23)21-15-6-5-7-18(22)16(15)11-17(21)20(13)19-8-3-4-9-24(19)2/h3-10H,11H2,1-2H3/q+1. The Morgan fingerprint density at radius 1 is 1.08 bits per heavy atom. The van der Waals surface area contributed by atoms with Gasteiger partial charge in [-0.3, -0.25) is 0 Å². The van der Waals surface area contributed by atoms with Crippen molar-refractivity contribution in [3.05, 3.63) is 76.7 Å². The van der Waals surface area contributed by atoms with Crippen molar-refractivity contribution in [2.75, 3.05) is 0 Å². The molecule has 24 heavy (non-hydrogen) atoms. The van der Waals surface area contributed by atoms with E-state index in [1.54, 1.807) is 6.07 Å². The van der Waals surface area contributed by atoms with Crippen LogP contribution < -0.4 is 4.57 Å². The van der Waals surface area contributed by atoms with Crippen LogP contribution in [-0.4, -0.2) is 0 Å². The molecule has 0 unspecified atom stereocenters. The summed E-state index contributed by atoms with van der Waals surface area (Å²) in [5.41, 5.74) is 7.31. The molecule has 1 heterocycles. The van der Waals surface area contributed by atoms with Gasteiger partial charge in [-0.25, -0.2) is 8.96 Å². The monoisotopic (exact) mass is 315 g/mol. The van der Waals surface area contributed by atoms with Crippen LogP contribution in [0.5, 0.6) is 0 Å². The number of fused-ring (bicyclic) bond motifs is 3. The molecule has 2 nitrogen and oxygen atoms in total. The molecule has 0 fully saturated rings. The van der Waals surface area contributed by atoms with Gasteiger partial charge in [0.25, 0.3) is 0 Å². The molecule has 3 heteroatoms. The van der Waals surface area contributed by atoms with Crippen LogP contribution in [0.2, 0.25) is 0 Å². The number of hydrogen-bond donors (Lipinski definition) is 0. The fraction of sp³-hybridized carbons (Fsp3) is 0.143. The first-order valence-corrected chi connectivity index (χ1v) is 7.91. The number of halogens is 1. The zero-order valence-corrected chi connectivity index (χ0v) is 13.6. The zero-order valence-electron chi connectivity index (χ0n) is 13.6. The molecule has 0 amide bonds. The molecule has 1 aliphatic carbocycles. The summed E-state index contributed by atoms with van der Waals surface area (Å²) in [4.78, 5) is 0. The highest BCUT2D eigenvalue weighted by atomic mass is 19.1. The van der Waals surface area contributed by atoms with Gasteiger partial charge in [0.2, 0.25) is 5.69 Å². The maximum absolute atomic E-state index is 14.3. The van der Waals surface area contributed by atoms with Gasteiger partial charge in [-0.2, -0.15) is 5.26 Å². The lowest BCUT2D eigenvalue weighted by Gasteiger charge is -2.12. The Morgan fingerprint density at radius 2 is 1.92 bits per heavy atom. The minimum Gasteiger partial charge on any atom is -0.207 e. The van der Waals surface area contributed by atoms with Crippen LogP contribution in [-0.2, 0) is 13.5 Å². The lowest BCUT2D eigenvalue weighted by atomic mass is 9.90. The first-order chi connectivity index (χ1) is 11.6. The van der Waals surface area contributed by atoms with Gasteiger partial charge in [-0.05, 0) is 41.8 Å². The third-order valence-electron chi connectivity index (χ3n) is 4.80. The zero-order chi connectivity index (χ0) is 16.8. The van der Waals surface area contributed by atoms with Gasteiger partial charge in [0.15, 0.2) is 6.20 Å². The average Bonchev–Trinajstić information content (AvgIpc) is 2.96. The molecule has 0 N–H and O–H groups in total. The second-order valence-electron chi connectivity index (χ2n) is 6.22. The Kier molecular flexibility index (Phi) is 3.21. The molecule has 0 aliphatic heterocycles. The fourth-order valence-electron chi connectivity index (χ4n) is 3.75. The molecule has 0 bridgehead atoms. The summed E-state index contributed by atoms with van der Waals surface area (Å²) in [5.74, 6) is -0.200. The molecule has 2 aromatic carbocycles. The number of aryl methyl sites for hydroxylation is 2. The van der Waals surface area contributed by atoms with E-state index in [0.29, 0.717) is 17.5 Å². The second-order valence-corrected chi connectivity index (χ2v) is 6.22. The number of nitriles is 1. The number of nitrogens with zero attached hydrogens (tertiary/aromatic N) is 2. The van der Waals surface area contributed by atoms with Crippen LogP contribution in [0.1, 0.15) is 22.3 Å². The second kappa shape index (κ2) is 5.28. The fourth-order valence-corrected chi connectivity index (χ4v) is 3.75. The van der Waals surface area contributed by atoms with E-state index >= 15 is 0 Å². The van der Waals surface area contributed by atoms with E-state index in [2.05, 4.69) is 16.7 Å². The summed E-state index contributed by atoms with van der Waals surface area (Å²) in [7, 11) is 2.00. The molecule has 4 rings (SSSR count). The molecule has 116 valence electrons. The van der Waals surface area contributed by atoms with E-state index in [4.69, 9.17) is 0 Å². The van der Waals surface area contributed by atoms with E-state index in [0.717, 1.165) is 33.5 Å². The first-order valence-electron chi connectivity index (χ1n) is 7.91. The maximum atomic E-state index is 14.3.